The van der Waals surface area contributed by atoms with Crippen molar-refractivity contribution in [3.63, 3.8) is 0 Å². The first-order chi connectivity index (χ1) is 12.6. The van der Waals surface area contributed by atoms with Gasteiger partial charge in [-0.1, -0.05) is 13.0 Å². The third-order valence-electron chi connectivity index (χ3n) is 5.94. The molecule has 2 heterocycles. The summed E-state index contributed by atoms with van der Waals surface area (Å²) in [6.07, 6.45) is 2.01. The molecule has 1 aromatic rings. The van der Waals surface area contributed by atoms with Gasteiger partial charge in [0.25, 0.3) is 5.91 Å². The average Bonchev–Trinajstić information content (AvgIpc) is 3.20. The third-order valence-corrected chi connectivity index (χ3v) is 5.94. The van der Waals surface area contributed by atoms with Gasteiger partial charge in [0.15, 0.2) is 0 Å². The minimum Gasteiger partial charge on any atom is -0.337 e. The highest BCUT2D eigenvalue weighted by Crippen LogP contribution is 2.38. The fraction of sp³-hybridized carbons (Fsp3) is 0.600. The smallest absolute Gasteiger partial charge is 0.253 e. The van der Waals surface area contributed by atoms with Gasteiger partial charge < -0.3 is 15.5 Å². The van der Waals surface area contributed by atoms with Crippen LogP contribution in [-0.2, 0) is 4.79 Å². The molecule has 6 nitrogen and oxygen atoms in total. The number of piperazine rings is 1. The van der Waals surface area contributed by atoms with E-state index >= 15 is 0 Å². The van der Waals surface area contributed by atoms with Gasteiger partial charge in [0, 0.05) is 62.5 Å². The second-order valence-electron chi connectivity index (χ2n) is 7.87. The minimum atomic E-state index is 0.0681. The zero-order chi connectivity index (χ0) is 18.1. The quantitative estimate of drug-likeness (QED) is 0.856. The van der Waals surface area contributed by atoms with E-state index in [1.807, 2.05) is 29.2 Å². The van der Waals surface area contributed by atoms with Gasteiger partial charge in [0.2, 0.25) is 5.91 Å². The van der Waals surface area contributed by atoms with Crippen LogP contribution in [0.5, 0.6) is 0 Å². The fourth-order valence-corrected chi connectivity index (χ4v) is 4.11. The van der Waals surface area contributed by atoms with Crippen LogP contribution in [0.3, 0.4) is 0 Å². The Kier molecular flexibility index (Phi) is 4.96. The maximum absolute atomic E-state index is 12.9. The molecule has 3 atom stereocenters. The van der Waals surface area contributed by atoms with Crippen LogP contribution in [0.1, 0.15) is 30.1 Å². The predicted molar refractivity (Wildman–Crippen MR) is 101 cm³/mol. The lowest BCUT2D eigenvalue weighted by Gasteiger charge is -2.32. The van der Waals surface area contributed by atoms with Gasteiger partial charge in [0.1, 0.15) is 0 Å². The van der Waals surface area contributed by atoms with Crippen LogP contribution in [0.15, 0.2) is 24.3 Å². The summed E-state index contributed by atoms with van der Waals surface area (Å²) in [6, 6.07) is 7.83. The zero-order valence-electron chi connectivity index (χ0n) is 15.4. The molecule has 1 aromatic carbocycles. The van der Waals surface area contributed by atoms with Gasteiger partial charge in [-0.25, -0.2) is 0 Å². The van der Waals surface area contributed by atoms with E-state index in [4.69, 9.17) is 0 Å². The van der Waals surface area contributed by atoms with E-state index in [0.717, 1.165) is 57.8 Å². The molecule has 140 valence electrons. The Morgan fingerprint density at radius 2 is 1.96 bits per heavy atom. The van der Waals surface area contributed by atoms with E-state index in [1.54, 1.807) is 0 Å². The summed E-state index contributed by atoms with van der Waals surface area (Å²) in [5.74, 6) is 0.750. The number of nitrogens with zero attached hydrogens (tertiary/aromatic N) is 2. The van der Waals surface area contributed by atoms with E-state index in [9.17, 15) is 9.59 Å². The normalized spacial score (nSPS) is 28.8. The predicted octanol–water partition coefficient (Wildman–Crippen LogP) is 1.40. The summed E-state index contributed by atoms with van der Waals surface area (Å²) in [4.78, 5) is 29.5. The summed E-state index contributed by atoms with van der Waals surface area (Å²) >= 11 is 0. The Bertz CT molecular complexity index is 686. The van der Waals surface area contributed by atoms with Crippen molar-refractivity contribution in [2.75, 3.05) is 44.6 Å². The highest BCUT2D eigenvalue weighted by atomic mass is 16.2. The van der Waals surface area contributed by atoms with Crippen molar-refractivity contribution in [3.05, 3.63) is 29.8 Å². The molecule has 0 spiro atoms. The molecule has 0 radical (unpaired) electrons. The Labute approximate surface area is 154 Å². The molecule has 2 aliphatic heterocycles. The molecule has 3 unspecified atom stereocenters. The van der Waals surface area contributed by atoms with Crippen molar-refractivity contribution in [1.29, 1.82) is 0 Å². The number of likely N-dealkylation sites (tertiary alicyclic amines) is 1. The fourth-order valence-electron chi connectivity index (χ4n) is 4.11. The van der Waals surface area contributed by atoms with Crippen molar-refractivity contribution in [1.82, 2.24) is 15.1 Å². The summed E-state index contributed by atoms with van der Waals surface area (Å²) in [6.45, 7) is 7.89. The standard InChI is InChI=1S/C20H28N4O2/c1-14-11-18(14)19(25)22-16-4-2-3-15(12-16)20(26)24-8-5-17(13-24)23-9-6-21-7-10-23/h2-4,12,14,17-18,21H,5-11,13H2,1H3,(H,22,25). The van der Waals surface area contributed by atoms with Gasteiger partial charge >= 0.3 is 0 Å². The second kappa shape index (κ2) is 7.37. The number of anilines is 1. The van der Waals surface area contributed by atoms with Crippen LogP contribution in [0.4, 0.5) is 5.69 Å². The monoisotopic (exact) mass is 356 g/mol. The Balaban J connectivity index is 1.37. The SMILES string of the molecule is CC1CC1C(=O)Nc1cccc(C(=O)N2CCC(N3CCNCC3)C2)c1. The molecule has 0 bridgehead atoms. The highest BCUT2D eigenvalue weighted by Gasteiger charge is 2.39. The molecule has 2 N–H and O–H groups in total. The Morgan fingerprint density at radius 3 is 2.69 bits per heavy atom. The first-order valence-corrected chi connectivity index (χ1v) is 9.77. The number of carbonyl (C=O) groups excluding carboxylic acids is 2. The molecule has 3 aliphatic rings. The number of carbonyl (C=O) groups is 2. The topological polar surface area (TPSA) is 64.7 Å². The van der Waals surface area contributed by atoms with Crippen molar-refractivity contribution in [2.24, 2.45) is 11.8 Å². The van der Waals surface area contributed by atoms with E-state index in [-0.39, 0.29) is 17.7 Å². The molecule has 4 rings (SSSR count). The highest BCUT2D eigenvalue weighted by molar-refractivity contribution is 5.98. The van der Waals surface area contributed by atoms with E-state index in [1.165, 1.54) is 0 Å². The Hall–Kier alpha value is -1.92. The van der Waals surface area contributed by atoms with Crippen LogP contribution in [0.25, 0.3) is 0 Å². The van der Waals surface area contributed by atoms with Crippen LogP contribution in [0, 0.1) is 11.8 Å². The van der Waals surface area contributed by atoms with Gasteiger partial charge in [-0.15, -0.1) is 0 Å². The molecule has 6 heteroatoms. The van der Waals surface area contributed by atoms with E-state index in [2.05, 4.69) is 22.5 Å². The van der Waals surface area contributed by atoms with Crippen LogP contribution in [-0.4, -0.2) is 66.9 Å². The van der Waals surface area contributed by atoms with Gasteiger partial charge in [-0.3, -0.25) is 14.5 Å². The number of amides is 2. The van der Waals surface area contributed by atoms with Crippen LogP contribution in [0.2, 0.25) is 0 Å². The summed E-state index contributed by atoms with van der Waals surface area (Å²) in [7, 11) is 0. The maximum atomic E-state index is 12.9. The largest absolute Gasteiger partial charge is 0.337 e. The second-order valence-corrected chi connectivity index (χ2v) is 7.87. The van der Waals surface area contributed by atoms with E-state index < -0.39 is 0 Å². The summed E-state index contributed by atoms with van der Waals surface area (Å²) in [5, 5.41) is 6.33. The number of hydrogen-bond acceptors (Lipinski definition) is 4. The first kappa shape index (κ1) is 17.5. The van der Waals surface area contributed by atoms with Crippen molar-refractivity contribution >= 4 is 17.5 Å². The van der Waals surface area contributed by atoms with Crippen molar-refractivity contribution in [3.8, 4) is 0 Å². The van der Waals surface area contributed by atoms with Crippen molar-refractivity contribution in [2.45, 2.75) is 25.8 Å². The number of benzene rings is 1. The lowest BCUT2D eigenvalue weighted by atomic mass is 10.1. The minimum absolute atomic E-state index is 0.0681. The molecular formula is C20H28N4O2. The van der Waals surface area contributed by atoms with Gasteiger partial charge in [-0.2, -0.15) is 0 Å². The van der Waals surface area contributed by atoms with Crippen molar-refractivity contribution < 1.29 is 9.59 Å². The summed E-state index contributed by atoms with van der Waals surface area (Å²) < 4.78 is 0. The molecule has 1 saturated carbocycles. The average molecular weight is 356 g/mol. The van der Waals surface area contributed by atoms with Crippen LogP contribution >= 0.6 is 0 Å². The third kappa shape index (κ3) is 3.76. The molecule has 26 heavy (non-hydrogen) atoms. The zero-order valence-corrected chi connectivity index (χ0v) is 15.4. The number of nitrogens with one attached hydrogen (secondary N) is 2. The number of rotatable bonds is 4. The molecule has 1 aliphatic carbocycles. The van der Waals surface area contributed by atoms with Gasteiger partial charge in [-0.05, 0) is 37.0 Å². The first-order valence-electron chi connectivity index (χ1n) is 9.77. The summed E-state index contributed by atoms with van der Waals surface area (Å²) in [5.41, 5.74) is 1.38. The molecular weight excluding hydrogens is 328 g/mol. The molecule has 2 amide bonds. The maximum Gasteiger partial charge on any atom is 0.253 e. The lowest BCUT2D eigenvalue weighted by Crippen LogP contribution is -2.49. The Morgan fingerprint density at radius 1 is 1.19 bits per heavy atom. The molecule has 2 saturated heterocycles. The van der Waals surface area contributed by atoms with Gasteiger partial charge in [0.05, 0.1) is 0 Å². The van der Waals surface area contributed by atoms with E-state index in [0.29, 0.717) is 17.5 Å². The number of hydrogen-bond donors (Lipinski definition) is 2. The molecule has 0 aromatic heterocycles. The molecule has 3 fully saturated rings. The lowest BCUT2D eigenvalue weighted by molar-refractivity contribution is -0.117. The van der Waals surface area contributed by atoms with Crippen LogP contribution < -0.4 is 10.6 Å².